The van der Waals surface area contributed by atoms with Crippen molar-refractivity contribution in [2.45, 2.75) is 32.6 Å². The molecule has 134 valence electrons. The minimum atomic E-state index is -0.256. The minimum absolute atomic E-state index is 0.256. The fourth-order valence-corrected chi connectivity index (χ4v) is 2.50. The van der Waals surface area contributed by atoms with Crippen LogP contribution in [0.3, 0.4) is 0 Å². The Kier molecular flexibility index (Phi) is 7.14. The van der Waals surface area contributed by atoms with E-state index in [1.165, 1.54) is 12.8 Å². The first kappa shape index (κ1) is 18.6. The first-order valence-corrected chi connectivity index (χ1v) is 8.62. The van der Waals surface area contributed by atoms with Crippen LogP contribution in [0.1, 0.15) is 43.0 Å². The number of methoxy groups -OCH3 is 1. The maximum Gasteiger partial charge on any atom is 0.259 e. The summed E-state index contributed by atoms with van der Waals surface area (Å²) in [6.07, 6.45) is 4.49. The zero-order valence-electron chi connectivity index (χ0n) is 14.9. The predicted octanol–water partition coefficient (Wildman–Crippen LogP) is 4.49. The fourth-order valence-electron chi connectivity index (χ4n) is 2.50. The van der Waals surface area contributed by atoms with Crippen molar-refractivity contribution in [1.82, 2.24) is 0 Å². The Morgan fingerprint density at radius 2 is 1.88 bits per heavy atom. The van der Waals surface area contributed by atoms with Crippen molar-refractivity contribution in [2.75, 3.05) is 24.8 Å². The quantitative estimate of drug-likeness (QED) is 0.520. The van der Waals surface area contributed by atoms with E-state index in [1.807, 2.05) is 18.2 Å². The molecule has 0 saturated carbocycles. The number of hydrogen-bond acceptors (Lipinski definition) is 4. The van der Waals surface area contributed by atoms with Crippen molar-refractivity contribution in [2.24, 2.45) is 0 Å². The van der Waals surface area contributed by atoms with Crippen LogP contribution in [0.2, 0.25) is 0 Å². The lowest BCUT2D eigenvalue weighted by molar-refractivity contribution is 0.102. The maximum absolute atomic E-state index is 12.7. The van der Waals surface area contributed by atoms with Gasteiger partial charge in [-0.25, -0.2) is 0 Å². The Bertz CT molecular complexity index is 701. The second-order valence-electron chi connectivity index (χ2n) is 5.82. The Morgan fingerprint density at radius 1 is 1.08 bits per heavy atom. The van der Waals surface area contributed by atoms with Gasteiger partial charge in [0.2, 0.25) is 0 Å². The number of anilines is 2. The van der Waals surface area contributed by atoms with Crippen LogP contribution in [0.15, 0.2) is 42.5 Å². The smallest absolute Gasteiger partial charge is 0.259 e. The van der Waals surface area contributed by atoms with Crippen molar-refractivity contribution >= 4 is 17.3 Å². The fraction of sp³-hybridized carbons (Fsp3) is 0.350. The van der Waals surface area contributed by atoms with E-state index >= 15 is 0 Å². The lowest BCUT2D eigenvalue weighted by Gasteiger charge is -2.14. The average Bonchev–Trinajstić information content (AvgIpc) is 2.62. The van der Waals surface area contributed by atoms with Crippen molar-refractivity contribution in [3.8, 4) is 11.5 Å². The molecule has 0 unspecified atom stereocenters. The lowest BCUT2D eigenvalue weighted by atomic mass is 10.1. The number of nitrogens with two attached hydrogens (primary N) is 1. The number of hydrogen-bond donors (Lipinski definition) is 2. The highest BCUT2D eigenvalue weighted by molar-refractivity contribution is 6.07. The first-order valence-electron chi connectivity index (χ1n) is 8.62. The summed E-state index contributed by atoms with van der Waals surface area (Å²) >= 11 is 0. The highest BCUT2D eigenvalue weighted by Gasteiger charge is 2.14. The van der Waals surface area contributed by atoms with Gasteiger partial charge in [-0.15, -0.1) is 0 Å². The molecule has 1 amide bonds. The number of carbonyl (C=O) groups is 1. The third kappa shape index (κ3) is 5.41. The van der Waals surface area contributed by atoms with Crippen LogP contribution >= 0.6 is 0 Å². The minimum Gasteiger partial charge on any atom is -0.495 e. The molecule has 25 heavy (non-hydrogen) atoms. The van der Waals surface area contributed by atoms with Gasteiger partial charge in [0.25, 0.3) is 5.91 Å². The summed E-state index contributed by atoms with van der Waals surface area (Å²) in [5.74, 6) is 0.882. The maximum atomic E-state index is 12.7. The van der Waals surface area contributed by atoms with Gasteiger partial charge < -0.3 is 20.5 Å². The second kappa shape index (κ2) is 9.57. The second-order valence-corrected chi connectivity index (χ2v) is 5.82. The standard InChI is InChI=1S/C20H26N2O3/c1-3-4-5-8-13-25-18-10-7-6-9-16(18)20(23)22-17-14-15(21)11-12-19(17)24-2/h6-7,9-12,14H,3-5,8,13,21H2,1-2H3,(H,22,23). The number of para-hydroxylation sites is 1. The van der Waals surface area contributed by atoms with Crippen molar-refractivity contribution < 1.29 is 14.3 Å². The zero-order valence-corrected chi connectivity index (χ0v) is 14.9. The lowest BCUT2D eigenvalue weighted by Crippen LogP contribution is -2.14. The van der Waals surface area contributed by atoms with Gasteiger partial charge >= 0.3 is 0 Å². The van der Waals surface area contributed by atoms with Crippen LogP contribution < -0.4 is 20.5 Å². The molecule has 0 bridgehead atoms. The van der Waals surface area contributed by atoms with E-state index in [0.29, 0.717) is 35.0 Å². The predicted molar refractivity (Wildman–Crippen MR) is 101 cm³/mol. The normalized spacial score (nSPS) is 10.3. The van der Waals surface area contributed by atoms with Crippen molar-refractivity contribution in [1.29, 1.82) is 0 Å². The van der Waals surface area contributed by atoms with Crippen molar-refractivity contribution in [3.63, 3.8) is 0 Å². The number of benzene rings is 2. The number of amides is 1. The van der Waals surface area contributed by atoms with Crippen LogP contribution in [-0.4, -0.2) is 19.6 Å². The molecular formula is C20H26N2O3. The molecule has 0 spiro atoms. The molecule has 3 N–H and O–H groups in total. The number of nitrogens with one attached hydrogen (secondary N) is 1. The summed E-state index contributed by atoms with van der Waals surface area (Å²) < 4.78 is 11.1. The van der Waals surface area contributed by atoms with Gasteiger partial charge in [0.15, 0.2) is 0 Å². The van der Waals surface area contributed by atoms with Gasteiger partial charge in [-0.2, -0.15) is 0 Å². The van der Waals surface area contributed by atoms with E-state index in [2.05, 4.69) is 12.2 Å². The molecule has 0 aliphatic rings. The largest absolute Gasteiger partial charge is 0.495 e. The summed E-state index contributed by atoms with van der Waals surface area (Å²) in [7, 11) is 1.55. The molecule has 0 fully saturated rings. The molecule has 0 aliphatic heterocycles. The SMILES string of the molecule is CCCCCCOc1ccccc1C(=O)Nc1cc(N)ccc1OC. The summed E-state index contributed by atoms with van der Waals surface area (Å²) in [4.78, 5) is 12.7. The number of unbranched alkanes of at least 4 members (excludes halogenated alkanes) is 3. The van der Waals surface area contributed by atoms with E-state index in [9.17, 15) is 4.79 Å². The Balaban J connectivity index is 2.08. The summed E-state index contributed by atoms with van der Waals surface area (Å²) in [5.41, 5.74) is 7.37. The van der Waals surface area contributed by atoms with E-state index in [1.54, 1.807) is 31.4 Å². The molecule has 2 rings (SSSR count). The summed E-state index contributed by atoms with van der Waals surface area (Å²) in [5, 5.41) is 2.85. The van der Waals surface area contributed by atoms with Gasteiger partial charge in [-0.05, 0) is 36.8 Å². The molecule has 2 aromatic rings. The highest BCUT2D eigenvalue weighted by Crippen LogP contribution is 2.28. The molecule has 0 aliphatic carbocycles. The van der Waals surface area contributed by atoms with Crippen LogP contribution in [0.4, 0.5) is 11.4 Å². The molecule has 0 heterocycles. The summed E-state index contributed by atoms with van der Waals surface area (Å²) in [6, 6.07) is 12.4. The molecular weight excluding hydrogens is 316 g/mol. The van der Waals surface area contributed by atoms with Crippen molar-refractivity contribution in [3.05, 3.63) is 48.0 Å². The van der Waals surface area contributed by atoms with Crippen LogP contribution in [0, 0.1) is 0 Å². The monoisotopic (exact) mass is 342 g/mol. The van der Waals surface area contributed by atoms with E-state index < -0.39 is 0 Å². The molecule has 5 nitrogen and oxygen atoms in total. The highest BCUT2D eigenvalue weighted by atomic mass is 16.5. The number of nitrogen functional groups attached to an aromatic ring is 1. The topological polar surface area (TPSA) is 73.6 Å². The van der Waals surface area contributed by atoms with Gasteiger partial charge in [0.1, 0.15) is 11.5 Å². The van der Waals surface area contributed by atoms with Crippen LogP contribution in [0.5, 0.6) is 11.5 Å². The average molecular weight is 342 g/mol. The Morgan fingerprint density at radius 3 is 2.64 bits per heavy atom. The first-order chi connectivity index (χ1) is 12.2. The third-order valence-corrected chi connectivity index (χ3v) is 3.86. The van der Waals surface area contributed by atoms with Gasteiger partial charge in [-0.3, -0.25) is 4.79 Å². The Hall–Kier alpha value is -2.69. The number of carbonyl (C=O) groups excluding carboxylic acids is 1. The van der Waals surface area contributed by atoms with Crippen LogP contribution in [0.25, 0.3) is 0 Å². The molecule has 5 heteroatoms. The van der Waals surface area contributed by atoms with Gasteiger partial charge in [0.05, 0.1) is 25.0 Å². The number of rotatable bonds is 9. The van der Waals surface area contributed by atoms with Gasteiger partial charge in [-0.1, -0.05) is 38.3 Å². The molecule has 0 atom stereocenters. The molecule has 0 saturated heterocycles. The summed E-state index contributed by atoms with van der Waals surface area (Å²) in [6.45, 7) is 2.77. The Labute approximate surface area is 149 Å². The number of ether oxygens (including phenoxy) is 2. The third-order valence-electron chi connectivity index (χ3n) is 3.86. The van der Waals surface area contributed by atoms with Gasteiger partial charge in [0, 0.05) is 5.69 Å². The van der Waals surface area contributed by atoms with E-state index in [0.717, 1.165) is 12.8 Å². The molecule has 0 radical (unpaired) electrons. The molecule has 2 aromatic carbocycles. The molecule has 0 aromatic heterocycles. The van der Waals surface area contributed by atoms with E-state index in [-0.39, 0.29) is 5.91 Å². The van der Waals surface area contributed by atoms with E-state index in [4.69, 9.17) is 15.2 Å². The van der Waals surface area contributed by atoms with Crippen LogP contribution in [-0.2, 0) is 0 Å². The zero-order chi connectivity index (χ0) is 18.1.